The summed E-state index contributed by atoms with van der Waals surface area (Å²) in [6, 6.07) is 14.0. The molecule has 0 saturated heterocycles. The fourth-order valence-electron chi connectivity index (χ4n) is 7.14. The maximum Gasteiger partial charge on any atom is 0.338 e. The highest BCUT2D eigenvalue weighted by Crippen LogP contribution is 2.62. The zero-order chi connectivity index (χ0) is 25.1. The van der Waals surface area contributed by atoms with Gasteiger partial charge in [-0.05, 0) is 111 Å². The van der Waals surface area contributed by atoms with Crippen molar-refractivity contribution in [1.82, 2.24) is 0 Å². The van der Waals surface area contributed by atoms with Gasteiger partial charge in [0.2, 0.25) is 0 Å². The second-order valence-electron chi connectivity index (χ2n) is 10.7. The maximum atomic E-state index is 11.9. The molecule has 0 aliphatic heterocycles. The first-order chi connectivity index (χ1) is 17.5. The predicted octanol–water partition coefficient (Wildman–Crippen LogP) is 6.85. The largest absolute Gasteiger partial charge is 0.462 e. The molecule has 2 aromatic rings. The fourth-order valence-corrected chi connectivity index (χ4v) is 7.14. The molecule has 0 amide bonds. The fraction of sp³-hybridized carbons (Fsp3) is 0.516. The standard InChI is InChI=1S/C31H38O5/c1-4-34-29(32)26-11-8-21(9-12-26)6-7-22-10-13-28(36-30(33-3)35-5-2)27(17-22)31-18-23-14-24(19-31)16-25(15-23)20-31/h6-13,17,23-25,30H,4-5,14-16,18-20H2,1-3H3/b7-6+. The van der Waals surface area contributed by atoms with Crippen LogP contribution >= 0.6 is 0 Å². The number of carbonyl (C=O) groups excluding carboxylic acids is 1. The second kappa shape index (κ2) is 10.8. The van der Waals surface area contributed by atoms with Crippen LogP contribution in [0.2, 0.25) is 0 Å². The number of benzene rings is 2. The second-order valence-corrected chi connectivity index (χ2v) is 10.7. The molecule has 1 unspecified atom stereocenters. The Bertz CT molecular complexity index is 1050. The van der Waals surface area contributed by atoms with Gasteiger partial charge in [-0.3, -0.25) is 0 Å². The minimum Gasteiger partial charge on any atom is -0.462 e. The van der Waals surface area contributed by atoms with E-state index in [9.17, 15) is 4.79 Å². The van der Waals surface area contributed by atoms with Crippen molar-refractivity contribution < 1.29 is 23.7 Å². The van der Waals surface area contributed by atoms with Crippen LogP contribution in [0, 0.1) is 17.8 Å². The molecule has 4 fully saturated rings. The zero-order valence-corrected chi connectivity index (χ0v) is 21.7. The number of hydrogen-bond donors (Lipinski definition) is 0. The van der Waals surface area contributed by atoms with Gasteiger partial charge in [-0.25, -0.2) is 4.79 Å². The first-order valence-corrected chi connectivity index (χ1v) is 13.4. The third-order valence-corrected chi connectivity index (χ3v) is 8.22. The Balaban J connectivity index is 1.43. The van der Waals surface area contributed by atoms with Gasteiger partial charge in [0.15, 0.2) is 0 Å². The van der Waals surface area contributed by atoms with Crippen molar-refractivity contribution in [1.29, 1.82) is 0 Å². The summed E-state index contributed by atoms with van der Waals surface area (Å²) < 4.78 is 22.5. The topological polar surface area (TPSA) is 54.0 Å². The molecule has 192 valence electrons. The smallest absolute Gasteiger partial charge is 0.338 e. The summed E-state index contributed by atoms with van der Waals surface area (Å²) in [5.74, 6) is 3.11. The van der Waals surface area contributed by atoms with Crippen LogP contribution in [-0.4, -0.2) is 32.8 Å². The SMILES string of the molecule is CCOC(=O)c1ccc(/C=C/c2ccc(OC(OC)OCC)c(C34CC5CC(CC(C5)C3)C4)c2)cc1. The van der Waals surface area contributed by atoms with E-state index in [1.807, 2.05) is 38.1 Å². The Labute approximate surface area is 214 Å². The molecule has 4 aliphatic rings. The van der Waals surface area contributed by atoms with E-state index in [4.69, 9.17) is 18.9 Å². The molecule has 1 atom stereocenters. The quantitative estimate of drug-likeness (QED) is 0.207. The lowest BCUT2D eigenvalue weighted by Crippen LogP contribution is -2.48. The summed E-state index contributed by atoms with van der Waals surface area (Å²) in [5, 5.41) is 0. The third-order valence-electron chi connectivity index (χ3n) is 8.22. The minimum atomic E-state index is -0.707. The van der Waals surface area contributed by atoms with E-state index < -0.39 is 6.48 Å². The zero-order valence-electron chi connectivity index (χ0n) is 21.7. The highest BCUT2D eigenvalue weighted by atomic mass is 16.8. The lowest BCUT2D eigenvalue weighted by molar-refractivity contribution is -0.231. The lowest BCUT2D eigenvalue weighted by atomic mass is 9.48. The molecule has 0 N–H and O–H groups in total. The molecular weight excluding hydrogens is 452 g/mol. The van der Waals surface area contributed by atoms with Crippen molar-refractivity contribution in [2.24, 2.45) is 17.8 Å². The highest BCUT2D eigenvalue weighted by Gasteiger charge is 2.52. The maximum absolute atomic E-state index is 11.9. The Morgan fingerprint density at radius 1 is 0.917 bits per heavy atom. The number of esters is 1. The lowest BCUT2D eigenvalue weighted by Gasteiger charge is -2.57. The van der Waals surface area contributed by atoms with Crippen LogP contribution in [0.25, 0.3) is 12.2 Å². The Kier molecular flexibility index (Phi) is 7.49. The van der Waals surface area contributed by atoms with Gasteiger partial charge in [0, 0.05) is 12.7 Å². The molecule has 2 aromatic carbocycles. The Hall–Kier alpha value is -2.63. The molecule has 4 bridgehead atoms. The van der Waals surface area contributed by atoms with E-state index in [0.717, 1.165) is 34.6 Å². The van der Waals surface area contributed by atoms with E-state index in [1.165, 1.54) is 44.1 Å². The molecule has 6 rings (SSSR count). The predicted molar refractivity (Wildman–Crippen MR) is 141 cm³/mol. The molecule has 36 heavy (non-hydrogen) atoms. The van der Waals surface area contributed by atoms with E-state index in [0.29, 0.717) is 18.8 Å². The number of ether oxygens (including phenoxy) is 4. The molecule has 0 radical (unpaired) electrons. The molecule has 5 heteroatoms. The normalized spacial score (nSPS) is 27.4. The van der Waals surface area contributed by atoms with Gasteiger partial charge in [-0.15, -0.1) is 0 Å². The van der Waals surface area contributed by atoms with E-state index >= 15 is 0 Å². The van der Waals surface area contributed by atoms with Crippen LogP contribution in [0.1, 0.15) is 79.4 Å². The van der Waals surface area contributed by atoms with Crippen molar-refractivity contribution in [2.45, 2.75) is 64.3 Å². The molecule has 4 aliphatic carbocycles. The van der Waals surface area contributed by atoms with Crippen molar-refractivity contribution in [2.75, 3.05) is 20.3 Å². The van der Waals surface area contributed by atoms with Crippen molar-refractivity contribution in [3.8, 4) is 5.75 Å². The van der Waals surface area contributed by atoms with Gasteiger partial charge in [-0.1, -0.05) is 30.4 Å². The van der Waals surface area contributed by atoms with Gasteiger partial charge in [0.1, 0.15) is 5.75 Å². The van der Waals surface area contributed by atoms with Crippen molar-refractivity contribution in [3.05, 3.63) is 64.7 Å². The van der Waals surface area contributed by atoms with Crippen LogP contribution in [0.4, 0.5) is 0 Å². The summed E-state index contributed by atoms with van der Waals surface area (Å²) in [7, 11) is 1.62. The van der Waals surface area contributed by atoms with E-state index in [1.54, 1.807) is 7.11 Å². The Morgan fingerprint density at radius 3 is 2.11 bits per heavy atom. The molecular formula is C31H38O5. The summed E-state index contributed by atoms with van der Waals surface area (Å²) in [6.07, 6.45) is 12.2. The van der Waals surface area contributed by atoms with Gasteiger partial charge < -0.3 is 18.9 Å². The van der Waals surface area contributed by atoms with Crippen LogP contribution in [0.5, 0.6) is 5.75 Å². The monoisotopic (exact) mass is 490 g/mol. The number of methoxy groups -OCH3 is 1. The molecule has 0 heterocycles. The van der Waals surface area contributed by atoms with Gasteiger partial charge in [0.25, 0.3) is 0 Å². The van der Waals surface area contributed by atoms with Gasteiger partial charge >= 0.3 is 12.4 Å². The number of carbonyl (C=O) groups is 1. The minimum absolute atomic E-state index is 0.180. The average Bonchev–Trinajstić information content (AvgIpc) is 2.87. The third kappa shape index (κ3) is 5.23. The van der Waals surface area contributed by atoms with Crippen LogP contribution < -0.4 is 4.74 Å². The molecule has 0 aromatic heterocycles. The van der Waals surface area contributed by atoms with Gasteiger partial charge in [0.05, 0.1) is 18.8 Å². The number of rotatable bonds is 10. The van der Waals surface area contributed by atoms with Crippen LogP contribution in [-0.2, 0) is 19.6 Å². The molecule has 0 spiro atoms. The van der Waals surface area contributed by atoms with Crippen molar-refractivity contribution >= 4 is 18.1 Å². The van der Waals surface area contributed by atoms with Crippen LogP contribution in [0.15, 0.2) is 42.5 Å². The summed E-state index contributed by atoms with van der Waals surface area (Å²) >= 11 is 0. The average molecular weight is 491 g/mol. The summed E-state index contributed by atoms with van der Waals surface area (Å²) in [4.78, 5) is 11.9. The molecule has 4 saturated carbocycles. The van der Waals surface area contributed by atoms with Crippen LogP contribution in [0.3, 0.4) is 0 Å². The Morgan fingerprint density at radius 2 is 1.53 bits per heavy atom. The summed E-state index contributed by atoms with van der Waals surface area (Å²) in [6.45, 7) is 3.96. The number of hydrogen-bond acceptors (Lipinski definition) is 5. The van der Waals surface area contributed by atoms with Gasteiger partial charge in [-0.2, -0.15) is 0 Å². The highest BCUT2D eigenvalue weighted by molar-refractivity contribution is 5.89. The van der Waals surface area contributed by atoms with E-state index in [-0.39, 0.29) is 11.4 Å². The first-order valence-electron chi connectivity index (χ1n) is 13.4. The van der Waals surface area contributed by atoms with Crippen molar-refractivity contribution in [3.63, 3.8) is 0 Å². The summed E-state index contributed by atoms with van der Waals surface area (Å²) in [5.41, 5.74) is 4.24. The first kappa shape index (κ1) is 25.0. The van der Waals surface area contributed by atoms with E-state index in [2.05, 4.69) is 30.4 Å². The molecule has 5 nitrogen and oxygen atoms in total.